The Hall–Kier alpha value is -4.79. The van der Waals surface area contributed by atoms with Gasteiger partial charge in [0.15, 0.2) is 5.82 Å². The Morgan fingerprint density at radius 1 is 1.11 bits per heavy atom. The summed E-state index contributed by atoms with van der Waals surface area (Å²) in [5.74, 6) is 0.813. The summed E-state index contributed by atoms with van der Waals surface area (Å²) in [6.07, 6.45) is 4.25. The summed E-state index contributed by atoms with van der Waals surface area (Å²) >= 11 is 0. The van der Waals surface area contributed by atoms with Gasteiger partial charge in [-0.05, 0) is 54.1 Å². The molecule has 6 rings (SSSR count). The van der Waals surface area contributed by atoms with Crippen LogP contribution in [-0.2, 0) is 4.79 Å². The predicted molar refractivity (Wildman–Crippen MR) is 136 cm³/mol. The lowest BCUT2D eigenvalue weighted by Crippen LogP contribution is -2.24. The Kier molecular flexibility index (Phi) is 5.29. The van der Waals surface area contributed by atoms with E-state index in [1.807, 2.05) is 42.5 Å². The van der Waals surface area contributed by atoms with Crippen LogP contribution in [0.5, 0.6) is 5.75 Å². The maximum Gasteiger partial charge on any atom is 0.244 e. The molecule has 0 radical (unpaired) electrons. The molecule has 2 aromatic heterocycles. The molecule has 8 nitrogen and oxygen atoms in total. The van der Waals surface area contributed by atoms with Crippen LogP contribution in [0.15, 0.2) is 72.9 Å². The molecule has 2 heterocycles. The zero-order valence-corrected chi connectivity index (χ0v) is 18.9. The fourth-order valence-electron chi connectivity index (χ4n) is 4.00. The first-order chi connectivity index (χ1) is 17.5. The van der Waals surface area contributed by atoms with Gasteiger partial charge in [-0.1, -0.05) is 18.2 Å². The van der Waals surface area contributed by atoms with Crippen molar-refractivity contribution < 1.29 is 14.3 Å². The number of aromatic amines is 1. The van der Waals surface area contributed by atoms with Crippen LogP contribution in [0.1, 0.15) is 12.0 Å². The Morgan fingerprint density at radius 2 is 2.00 bits per heavy atom. The van der Waals surface area contributed by atoms with Crippen LogP contribution in [0, 0.1) is 0 Å². The summed E-state index contributed by atoms with van der Waals surface area (Å²) < 4.78 is 13.0. The number of aromatic hydroxyl groups is 1. The number of fused-ring (bicyclic) bond motifs is 2. The average molecular weight is 481 g/mol. The Labute approximate surface area is 204 Å². The van der Waals surface area contributed by atoms with Crippen LogP contribution in [0.3, 0.4) is 0 Å². The number of aromatic nitrogens is 4. The lowest BCUT2D eigenvalue weighted by atomic mass is 10.1. The SMILES string of the molecule is O=C(/C=C/c1cccc(-c2nc(Nc3ccc4[nH]ncc4c3)c3cc(O)ccc3n2)c1)NC1CC1F. The summed E-state index contributed by atoms with van der Waals surface area (Å²) in [7, 11) is 0. The summed E-state index contributed by atoms with van der Waals surface area (Å²) in [5.41, 5.74) is 3.94. The second-order valence-electron chi connectivity index (χ2n) is 8.72. The van der Waals surface area contributed by atoms with Gasteiger partial charge >= 0.3 is 0 Å². The molecule has 2 atom stereocenters. The van der Waals surface area contributed by atoms with Crippen molar-refractivity contribution in [3.8, 4) is 17.1 Å². The molecule has 1 aliphatic rings. The predicted octanol–water partition coefficient (Wildman–Crippen LogP) is 4.86. The van der Waals surface area contributed by atoms with Crippen LogP contribution in [-0.4, -0.2) is 43.4 Å². The number of rotatable bonds is 6. The van der Waals surface area contributed by atoms with E-state index >= 15 is 0 Å². The van der Waals surface area contributed by atoms with Crippen LogP contribution in [0.2, 0.25) is 0 Å². The standard InChI is InChI=1S/C27H21FN6O2/c28-21-13-24(21)31-25(36)9-4-15-2-1-3-16(10-15)26-32-23-8-6-19(35)12-20(23)27(33-26)30-18-5-7-22-17(11-18)14-29-34-22/h1-12,14,21,24,35H,13H2,(H,29,34)(H,31,36)(H,30,32,33)/b9-4+. The minimum absolute atomic E-state index is 0.114. The first kappa shape index (κ1) is 21.7. The first-order valence-corrected chi connectivity index (χ1v) is 11.5. The van der Waals surface area contributed by atoms with E-state index < -0.39 is 6.17 Å². The number of nitrogens with one attached hydrogen (secondary N) is 3. The van der Waals surface area contributed by atoms with Gasteiger partial charge in [0.05, 0.1) is 23.3 Å². The van der Waals surface area contributed by atoms with Gasteiger partial charge in [-0.2, -0.15) is 5.10 Å². The van der Waals surface area contributed by atoms with Crippen molar-refractivity contribution in [2.24, 2.45) is 0 Å². The van der Waals surface area contributed by atoms with E-state index in [-0.39, 0.29) is 17.7 Å². The normalized spacial score (nSPS) is 17.0. The third-order valence-corrected chi connectivity index (χ3v) is 5.99. The number of carbonyl (C=O) groups excluding carboxylic acids is 1. The molecular formula is C27H21FN6O2. The van der Waals surface area contributed by atoms with E-state index in [4.69, 9.17) is 9.97 Å². The molecule has 0 saturated heterocycles. The number of phenolic OH excluding ortho intramolecular Hbond substituents is 1. The number of anilines is 2. The smallest absolute Gasteiger partial charge is 0.244 e. The summed E-state index contributed by atoms with van der Waals surface area (Å²) in [6.45, 7) is 0. The van der Waals surface area contributed by atoms with Crippen molar-refractivity contribution in [2.75, 3.05) is 5.32 Å². The van der Waals surface area contributed by atoms with Gasteiger partial charge in [-0.3, -0.25) is 9.89 Å². The minimum Gasteiger partial charge on any atom is -0.508 e. The molecule has 36 heavy (non-hydrogen) atoms. The molecule has 0 aliphatic heterocycles. The molecular weight excluding hydrogens is 459 g/mol. The second-order valence-corrected chi connectivity index (χ2v) is 8.72. The summed E-state index contributed by atoms with van der Waals surface area (Å²) in [4.78, 5) is 21.5. The number of hydrogen-bond acceptors (Lipinski definition) is 6. The largest absolute Gasteiger partial charge is 0.508 e. The number of halogens is 1. The molecule has 3 aromatic carbocycles. The molecule has 5 aromatic rings. The van der Waals surface area contributed by atoms with Crippen molar-refractivity contribution in [3.05, 3.63) is 78.5 Å². The van der Waals surface area contributed by atoms with Gasteiger partial charge in [-0.25, -0.2) is 14.4 Å². The second kappa shape index (κ2) is 8.77. The van der Waals surface area contributed by atoms with Crippen molar-refractivity contribution >= 4 is 45.3 Å². The molecule has 4 N–H and O–H groups in total. The van der Waals surface area contributed by atoms with Crippen molar-refractivity contribution in [1.82, 2.24) is 25.5 Å². The topological polar surface area (TPSA) is 116 Å². The molecule has 1 saturated carbocycles. The molecule has 2 unspecified atom stereocenters. The van der Waals surface area contributed by atoms with E-state index in [2.05, 4.69) is 20.8 Å². The van der Waals surface area contributed by atoms with Crippen LogP contribution < -0.4 is 10.6 Å². The molecule has 0 bridgehead atoms. The molecule has 0 spiro atoms. The van der Waals surface area contributed by atoms with E-state index in [0.29, 0.717) is 29.0 Å². The Bertz CT molecular complexity index is 1650. The molecule has 178 valence electrons. The van der Waals surface area contributed by atoms with Gasteiger partial charge in [0.2, 0.25) is 5.91 Å². The lowest BCUT2D eigenvalue weighted by molar-refractivity contribution is -0.116. The van der Waals surface area contributed by atoms with Crippen molar-refractivity contribution in [3.63, 3.8) is 0 Å². The van der Waals surface area contributed by atoms with E-state index in [1.165, 1.54) is 6.08 Å². The van der Waals surface area contributed by atoms with E-state index in [9.17, 15) is 14.3 Å². The zero-order chi connectivity index (χ0) is 24.6. The molecule has 1 aliphatic carbocycles. The van der Waals surface area contributed by atoms with E-state index in [1.54, 1.807) is 30.5 Å². The maximum absolute atomic E-state index is 13.0. The van der Waals surface area contributed by atoms with Crippen LogP contribution in [0.25, 0.3) is 39.3 Å². The number of benzene rings is 3. The fraction of sp³-hybridized carbons (Fsp3) is 0.111. The third kappa shape index (κ3) is 4.46. The molecule has 1 fully saturated rings. The minimum atomic E-state index is -0.943. The number of amides is 1. The highest BCUT2D eigenvalue weighted by Gasteiger charge is 2.38. The maximum atomic E-state index is 13.0. The highest BCUT2D eigenvalue weighted by Crippen LogP contribution is 2.31. The van der Waals surface area contributed by atoms with Crippen molar-refractivity contribution in [2.45, 2.75) is 18.6 Å². The lowest BCUT2D eigenvalue weighted by Gasteiger charge is -2.12. The number of phenols is 1. The quantitative estimate of drug-likeness (QED) is 0.258. The van der Waals surface area contributed by atoms with Crippen LogP contribution in [0.4, 0.5) is 15.9 Å². The summed E-state index contributed by atoms with van der Waals surface area (Å²) in [5, 5.41) is 24.7. The van der Waals surface area contributed by atoms with Gasteiger partial charge in [-0.15, -0.1) is 0 Å². The van der Waals surface area contributed by atoms with E-state index in [0.717, 1.165) is 27.7 Å². The highest BCUT2D eigenvalue weighted by atomic mass is 19.1. The van der Waals surface area contributed by atoms with Gasteiger partial charge in [0.1, 0.15) is 17.7 Å². The first-order valence-electron chi connectivity index (χ1n) is 11.5. The number of nitrogens with zero attached hydrogens (tertiary/aromatic N) is 3. The Morgan fingerprint density at radius 3 is 2.86 bits per heavy atom. The third-order valence-electron chi connectivity index (χ3n) is 5.99. The number of H-pyrrole nitrogens is 1. The van der Waals surface area contributed by atoms with Gasteiger partial charge < -0.3 is 15.7 Å². The molecule has 1 amide bonds. The van der Waals surface area contributed by atoms with Crippen LogP contribution >= 0.6 is 0 Å². The average Bonchev–Trinajstić information content (AvgIpc) is 3.36. The Balaban J connectivity index is 1.34. The molecule has 9 heteroatoms. The number of alkyl halides is 1. The van der Waals surface area contributed by atoms with Gasteiger partial charge in [0.25, 0.3) is 0 Å². The number of hydrogen-bond donors (Lipinski definition) is 4. The van der Waals surface area contributed by atoms with Gasteiger partial charge in [0, 0.05) is 34.5 Å². The summed E-state index contributed by atoms with van der Waals surface area (Å²) in [6, 6.07) is 17.9. The monoisotopic (exact) mass is 480 g/mol. The fourth-order valence-corrected chi connectivity index (χ4v) is 4.00. The zero-order valence-electron chi connectivity index (χ0n) is 18.9. The highest BCUT2D eigenvalue weighted by molar-refractivity contribution is 5.95. The number of carbonyl (C=O) groups is 1. The van der Waals surface area contributed by atoms with Crippen molar-refractivity contribution in [1.29, 1.82) is 0 Å².